The molecule has 2 aromatic carbocycles. The highest BCUT2D eigenvalue weighted by Crippen LogP contribution is 2.28. The molecule has 0 atom stereocenters. The summed E-state index contributed by atoms with van der Waals surface area (Å²) >= 11 is 3.33. The average molecular weight is 449 g/mol. The maximum atomic E-state index is 13.2. The van der Waals surface area contributed by atoms with Gasteiger partial charge in [-0.15, -0.1) is 23.1 Å². The summed E-state index contributed by atoms with van der Waals surface area (Å²) in [4.78, 5) is 23.1. The molecule has 0 radical (unpaired) electrons. The molecular weight excluding hydrogens is 424 g/mol. The van der Waals surface area contributed by atoms with E-state index in [1.807, 2.05) is 60.4 Å². The van der Waals surface area contributed by atoms with Crippen molar-refractivity contribution in [1.82, 2.24) is 14.8 Å². The van der Waals surface area contributed by atoms with Crippen LogP contribution in [0.1, 0.15) is 32.2 Å². The third-order valence-corrected chi connectivity index (χ3v) is 7.24. The number of thioether (sulfide) groups is 1. The highest BCUT2D eigenvalue weighted by molar-refractivity contribution is 7.98. The minimum absolute atomic E-state index is 0.107. The summed E-state index contributed by atoms with van der Waals surface area (Å²) in [6.07, 6.45) is 0. The highest BCUT2D eigenvalue weighted by atomic mass is 32.2. The molecule has 1 amide bonds. The quantitative estimate of drug-likeness (QED) is 0.517. The topological polar surface area (TPSA) is 60.2 Å². The predicted molar refractivity (Wildman–Crippen MR) is 125 cm³/mol. The first-order valence-corrected chi connectivity index (χ1v) is 12.1. The van der Waals surface area contributed by atoms with Gasteiger partial charge in [0.1, 0.15) is 0 Å². The smallest absolute Gasteiger partial charge is 0.255 e. The van der Waals surface area contributed by atoms with Crippen molar-refractivity contribution in [2.24, 2.45) is 0 Å². The summed E-state index contributed by atoms with van der Waals surface area (Å²) in [6.45, 7) is 5.99. The zero-order chi connectivity index (χ0) is 21.6. The Bertz CT molecular complexity index is 1080. The minimum Gasteiger partial charge on any atom is -0.336 e. The number of aromatic nitrogens is 1. The minimum atomic E-state index is 0.107. The maximum Gasteiger partial charge on any atom is 0.255 e. The standard InChI is InChI=1S/C24H24N4OS2/c1-18-26-21(16-30-18)17-31-23-5-3-2-4-22(23)24(29)28-12-10-27(11-13-28)15-20-8-6-19(14-25)7-9-20/h2-9,16H,10-13,15,17H2,1H3. The van der Waals surface area contributed by atoms with Gasteiger partial charge in [0.25, 0.3) is 5.91 Å². The number of hydrogen-bond donors (Lipinski definition) is 0. The number of carbonyl (C=O) groups excluding carboxylic acids is 1. The van der Waals surface area contributed by atoms with Crippen molar-refractivity contribution in [2.45, 2.75) is 24.1 Å². The lowest BCUT2D eigenvalue weighted by Crippen LogP contribution is -2.48. The van der Waals surface area contributed by atoms with E-state index in [9.17, 15) is 4.79 Å². The molecule has 0 spiro atoms. The predicted octanol–water partition coefficient (Wildman–Crippen LogP) is 4.57. The first-order valence-electron chi connectivity index (χ1n) is 10.3. The van der Waals surface area contributed by atoms with E-state index in [-0.39, 0.29) is 5.91 Å². The van der Waals surface area contributed by atoms with Gasteiger partial charge in [0, 0.05) is 48.8 Å². The summed E-state index contributed by atoms with van der Waals surface area (Å²) in [5.74, 6) is 0.878. The number of benzene rings is 2. The molecular formula is C24H24N4OS2. The van der Waals surface area contributed by atoms with Crippen molar-refractivity contribution in [3.05, 3.63) is 81.3 Å². The Hall–Kier alpha value is -2.66. The number of aryl methyl sites for hydroxylation is 1. The third-order valence-electron chi connectivity index (χ3n) is 5.31. The molecule has 0 unspecified atom stereocenters. The number of nitriles is 1. The average Bonchev–Trinajstić information content (AvgIpc) is 3.23. The summed E-state index contributed by atoms with van der Waals surface area (Å²) in [5, 5.41) is 12.1. The fourth-order valence-corrected chi connectivity index (χ4v) is 5.27. The molecule has 1 aromatic heterocycles. The number of hydrogen-bond acceptors (Lipinski definition) is 6. The summed E-state index contributed by atoms with van der Waals surface area (Å²) in [5.41, 5.74) is 3.71. The van der Waals surface area contributed by atoms with Crippen LogP contribution in [0.5, 0.6) is 0 Å². The monoisotopic (exact) mass is 448 g/mol. The van der Waals surface area contributed by atoms with Crippen molar-refractivity contribution in [3.8, 4) is 6.07 Å². The summed E-state index contributed by atoms with van der Waals surface area (Å²) in [6, 6.07) is 17.8. The number of carbonyl (C=O) groups is 1. The van der Waals surface area contributed by atoms with Gasteiger partial charge >= 0.3 is 0 Å². The molecule has 31 heavy (non-hydrogen) atoms. The van der Waals surface area contributed by atoms with Gasteiger partial charge in [-0.05, 0) is 36.8 Å². The van der Waals surface area contributed by atoms with Crippen LogP contribution in [0.15, 0.2) is 58.8 Å². The van der Waals surface area contributed by atoms with Gasteiger partial charge in [-0.2, -0.15) is 5.26 Å². The van der Waals surface area contributed by atoms with Gasteiger partial charge in [-0.3, -0.25) is 9.69 Å². The Morgan fingerprint density at radius 2 is 1.87 bits per heavy atom. The lowest BCUT2D eigenvalue weighted by atomic mass is 10.1. The van der Waals surface area contributed by atoms with Gasteiger partial charge in [0.2, 0.25) is 0 Å². The first-order chi connectivity index (χ1) is 15.1. The molecule has 7 heteroatoms. The lowest BCUT2D eigenvalue weighted by Gasteiger charge is -2.35. The van der Waals surface area contributed by atoms with E-state index < -0.39 is 0 Å². The van der Waals surface area contributed by atoms with Crippen LogP contribution in [-0.2, 0) is 12.3 Å². The van der Waals surface area contributed by atoms with E-state index in [1.54, 1.807) is 23.1 Å². The maximum absolute atomic E-state index is 13.2. The third kappa shape index (κ3) is 5.53. The van der Waals surface area contributed by atoms with Gasteiger partial charge in [0.15, 0.2) is 0 Å². The molecule has 4 rings (SSSR count). The van der Waals surface area contributed by atoms with Crippen molar-refractivity contribution in [1.29, 1.82) is 5.26 Å². The van der Waals surface area contributed by atoms with E-state index in [0.29, 0.717) is 5.56 Å². The number of piperazine rings is 1. The highest BCUT2D eigenvalue weighted by Gasteiger charge is 2.24. The van der Waals surface area contributed by atoms with E-state index >= 15 is 0 Å². The van der Waals surface area contributed by atoms with Gasteiger partial charge in [0.05, 0.1) is 27.9 Å². The van der Waals surface area contributed by atoms with E-state index in [1.165, 1.54) is 5.56 Å². The van der Waals surface area contributed by atoms with Crippen LogP contribution in [0.4, 0.5) is 0 Å². The molecule has 3 aromatic rings. The number of amides is 1. The van der Waals surface area contributed by atoms with Crippen LogP contribution >= 0.6 is 23.1 Å². The molecule has 0 aliphatic carbocycles. The fraction of sp³-hybridized carbons (Fsp3) is 0.292. The van der Waals surface area contributed by atoms with Crippen LogP contribution in [0.25, 0.3) is 0 Å². The molecule has 1 aliphatic rings. The van der Waals surface area contributed by atoms with Crippen LogP contribution in [0.3, 0.4) is 0 Å². The molecule has 158 valence electrons. The van der Waals surface area contributed by atoms with Crippen molar-refractivity contribution < 1.29 is 4.79 Å². The summed E-state index contributed by atoms with van der Waals surface area (Å²) < 4.78 is 0. The second-order valence-electron chi connectivity index (χ2n) is 7.52. The van der Waals surface area contributed by atoms with Gasteiger partial charge in [-0.1, -0.05) is 24.3 Å². The van der Waals surface area contributed by atoms with Crippen molar-refractivity contribution in [3.63, 3.8) is 0 Å². The Kier molecular flexibility index (Phi) is 7.03. The molecule has 0 N–H and O–H groups in total. The summed E-state index contributed by atoms with van der Waals surface area (Å²) in [7, 11) is 0. The molecule has 1 saturated heterocycles. The van der Waals surface area contributed by atoms with Crippen LogP contribution in [0.2, 0.25) is 0 Å². The normalized spacial score (nSPS) is 14.4. The van der Waals surface area contributed by atoms with Gasteiger partial charge in [-0.25, -0.2) is 4.98 Å². The lowest BCUT2D eigenvalue weighted by molar-refractivity contribution is 0.0625. The van der Waals surface area contributed by atoms with Crippen molar-refractivity contribution >= 4 is 29.0 Å². The Balaban J connectivity index is 1.34. The molecule has 0 bridgehead atoms. The van der Waals surface area contributed by atoms with Crippen LogP contribution in [-0.4, -0.2) is 46.9 Å². The molecule has 5 nitrogen and oxygen atoms in total. The number of nitrogens with zero attached hydrogens (tertiary/aromatic N) is 4. The fourth-order valence-electron chi connectivity index (χ4n) is 3.62. The van der Waals surface area contributed by atoms with Crippen LogP contribution in [0, 0.1) is 18.3 Å². The molecule has 0 saturated carbocycles. The van der Waals surface area contributed by atoms with E-state index in [0.717, 1.165) is 59.6 Å². The van der Waals surface area contributed by atoms with Crippen LogP contribution < -0.4 is 0 Å². The second kappa shape index (κ2) is 10.1. The zero-order valence-electron chi connectivity index (χ0n) is 17.5. The Morgan fingerprint density at radius 3 is 2.55 bits per heavy atom. The Labute approximate surface area is 191 Å². The van der Waals surface area contributed by atoms with Crippen molar-refractivity contribution in [2.75, 3.05) is 26.2 Å². The van der Waals surface area contributed by atoms with E-state index in [4.69, 9.17) is 5.26 Å². The number of rotatable bonds is 6. The second-order valence-corrected chi connectivity index (χ2v) is 9.60. The Morgan fingerprint density at radius 1 is 1.13 bits per heavy atom. The SMILES string of the molecule is Cc1nc(CSc2ccccc2C(=O)N2CCN(Cc3ccc(C#N)cc3)CC2)cs1. The first kappa shape index (κ1) is 21.6. The van der Waals surface area contributed by atoms with E-state index in [2.05, 4.69) is 21.3 Å². The molecule has 1 aliphatic heterocycles. The number of thiazole rings is 1. The molecule has 1 fully saturated rings. The molecule has 2 heterocycles. The largest absolute Gasteiger partial charge is 0.336 e. The zero-order valence-corrected chi connectivity index (χ0v) is 19.1. The van der Waals surface area contributed by atoms with Gasteiger partial charge < -0.3 is 4.90 Å².